The zero-order valence-electron chi connectivity index (χ0n) is 14.9. The molecule has 0 saturated heterocycles. The summed E-state index contributed by atoms with van der Waals surface area (Å²) in [5.41, 5.74) is 7.56. The van der Waals surface area contributed by atoms with Crippen LogP contribution in [0.1, 0.15) is 37.7 Å². The minimum absolute atomic E-state index is 0. The molecule has 0 aromatic heterocycles. The number of benzene rings is 2. The molecule has 0 unspecified atom stereocenters. The van der Waals surface area contributed by atoms with Gasteiger partial charge in [0.2, 0.25) is 5.91 Å². The Bertz CT molecular complexity index is 683. The first-order valence-electron chi connectivity index (χ1n) is 9.03. The van der Waals surface area contributed by atoms with Gasteiger partial charge < -0.3 is 15.8 Å². The first-order chi connectivity index (χ1) is 12.2. The fourth-order valence-corrected chi connectivity index (χ4v) is 3.23. The number of aryl methyl sites for hydroxylation is 1. The van der Waals surface area contributed by atoms with Crippen LogP contribution in [0.2, 0.25) is 0 Å². The van der Waals surface area contributed by atoms with Gasteiger partial charge in [0.25, 0.3) is 0 Å². The maximum Gasteiger partial charge on any atom is 0.244 e. The van der Waals surface area contributed by atoms with Crippen molar-refractivity contribution in [2.24, 2.45) is 5.73 Å². The smallest absolute Gasteiger partial charge is 0.244 e. The van der Waals surface area contributed by atoms with Crippen LogP contribution in [0.5, 0.6) is 5.75 Å². The van der Waals surface area contributed by atoms with E-state index in [2.05, 4.69) is 29.6 Å². The minimum Gasteiger partial charge on any atom is -0.494 e. The second-order valence-electron chi connectivity index (χ2n) is 6.78. The van der Waals surface area contributed by atoms with E-state index in [9.17, 15) is 4.79 Å². The summed E-state index contributed by atoms with van der Waals surface area (Å²) in [4.78, 5) is 12.3. The number of nitrogens with one attached hydrogen (secondary N) is 1. The predicted octanol–water partition coefficient (Wildman–Crippen LogP) is 4.33. The number of hydrogen-bond donors (Lipinski definition) is 2. The van der Waals surface area contributed by atoms with Crippen molar-refractivity contribution >= 4 is 24.0 Å². The Morgan fingerprint density at radius 2 is 1.69 bits per heavy atom. The second-order valence-corrected chi connectivity index (χ2v) is 6.78. The normalized spacial score (nSPS) is 15.1. The van der Waals surface area contributed by atoms with Gasteiger partial charge in [0.05, 0.1) is 12.1 Å². The lowest BCUT2D eigenvalue weighted by molar-refractivity contribution is -0.121. The zero-order valence-corrected chi connectivity index (χ0v) is 15.8. The van der Waals surface area contributed by atoms with Crippen LogP contribution >= 0.6 is 12.4 Å². The third-order valence-corrected chi connectivity index (χ3v) is 4.78. The van der Waals surface area contributed by atoms with E-state index in [0.29, 0.717) is 6.61 Å². The van der Waals surface area contributed by atoms with Crippen molar-refractivity contribution in [2.75, 3.05) is 11.9 Å². The molecule has 4 nitrogen and oxygen atoms in total. The molecule has 0 atom stereocenters. The highest BCUT2D eigenvalue weighted by atomic mass is 35.5. The molecule has 3 N–H and O–H groups in total. The Hall–Kier alpha value is -2.04. The molecule has 26 heavy (non-hydrogen) atoms. The van der Waals surface area contributed by atoms with Crippen molar-refractivity contribution in [2.45, 2.75) is 44.1 Å². The molecule has 5 heteroatoms. The van der Waals surface area contributed by atoms with Crippen molar-refractivity contribution in [3.63, 3.8) is 0 Å². The number of carbonyl (C=O) groups is 1. The van der Waals surface area contributed by atoms with Gasteiger partial charge >= 0.3 is 0 Å². The fraction of sp³-hybridized carbons (Fsp3) is 0.381. The van der Waals surface area contributed by atoms with Crippen molar-refractivity contribution < 1.29 is 9.53 Å². The van der Waals surface area contributed by atoms with Gasteiger partial charge in [-0.3, -0.25) is 4.79 Å². The van der Waals surface area contributed by atoms with Crippen molar-refractivity contribution in [1.29, 1.82) is 0 Å². The number of amides is 1. The lowest BCUT2D eigenvalue weighted by Gasteiger charge is -2.22. The number of halogens is 1. The summed E-state index contributed by atoms with van der Waals surface area (Å²) in [6.45, 7) is 0.673. The molecular formula is C21H27ClN2O2. The van der Waals surface area contributed by atoms with E-state index < -0.39 is 5.54 Å². The van der Waals surface area contributed by atoms with Gasteiger partial charge in [-0.2, -0.15) is 0 Å². The Morgan fingerprint density at radius 3 is 2.35 bits per heavy atom. The molecule has 0 aliphatic heterocycles. The molecule has 2 aromatic rings. The summed E-state index contributed by atoms with van der Waals surface area (Å²) in [5.74, 6) is 0.732. The molecule has 1 fully saturated rings. The van der Waals surface area contributed by atoms with Crippen LogP contribution in [-0.4, -0.2) is 18.1 Å². The average Bonchev–Trinajstić information content (AvgIpc) is 3.09. The lowest BCUT2D eigenvalue weighted by atomic mass is 9.98. The average molecular weight is 375 g/mol. The predicted molar refractivity (Wildman–Crippen MR) is 108 cm³/mol. The molecule has 1 amide bonds. The molecule has 0 radical (unpaired) electrons. The molecule has 0 spiro atoms. The number of nitrogens with two attached hydrogens (primary N) is 1. The van der Waals surface area contributed by atoms with Crippen LogP contribution in [-0.2, 0) is 11.2 Å². The Balaban J connectivity index is 0.00000243. The second kappa shape index (κ2) is 9.60. The molecule has 2 aromatic carbocycles. The lowest BCUT2D eigenvalue weighted by Crippen LogP contribution is -2.48. The summed E-state index contributed by atoms with van der Waals surface area (Å²) < 4.78 is 5.77. The van der Waals surface area contributed by atoms with E-state index in [0.717, 1.165) is 50.0 Å². The molecule has 1 saturated carbocycles. The van der Waals surface area contributed by atoms with E-state index in [4.69, 9.17) is 10.5 Å². The highest BCUT2D eigenvalue weighted by molar-refractivity contribution is 5.98. The van der Waals surface area contributed by atoms with Gasteiger partial charge in [-0.25, -0.2) is 0 Å². The summed E-state index contributed by atoms with van der Waals surface area (Å²) >= 11 is 0. The quantitative estimate of drug-likeness (QED) is 0.709. The first-order valence-corrected chi connectivity index (χ1v) is 9.03. The van der Waals surface area contributed by atoms with Gasteiger partial charge in [0.15, 0.2) is 0 Å². The summed E-state index contributed by atoms with van der Waals surface area (Å²) in [7, 11) is 0. The SMILES string of the molecule is Cl.NC1(C(=O)Nc2ccc(OCCCc3ccccc3)cc2)CCCC1. The van der Waals surface area contributed by atoms with Gasteiger partial charge in [-0.1, -0.05) is 43.2 Å². The third kappa shape index (κ3) is 5.48. The third-order valence-electron chi connectivity index (χ3n) is 4.78. The molecular weight excluding hydrogens is 348 g/mol. The molecule has 1 aliphatic carbocycles. The van der Waals surface area contributed by atoms with E-state index >= 15 is 0 Å². The number of rotatable bonds is 7. The molecule has 140 valence electrons. The number of anilines is 1. The van der Waals surface area contributed by atoms with Crippen LogP contribution in [0.25, 0.3) is 0 Å². The Labute approximate surface area is 161 Å². The molecule has 0 bridgehead atoms. The summed E-state index contributed by atoms with van der Waals surface area (Å²) in [6, 6.07) is 17.9. The minimum atomic E-state index is -0.702. The van der Waals surface area contributed by atoms with Gasteiger partial charge in [0.1, 0.15) is 5.75 Å². The topological polar surface area (TPSA) is 64.4 Å². The summed E-state index contributed by atoms with van der Waals surface area (Å²) in [6.07, 6.45) is 5.56. The Morgan fingerprint density at radius 1 is 1.04 bits per heavy atom. The molecule has 3 rings (SSSR count). The van der Waals surface area contributed by atoms with Crippen LogP contribution in [0.4, 0.5) is 5.69 Å². The first kappa shape index (κ1) is 20.3. The van der Waals surface area contributed by atoms with Gasteiger partial charge in [-0.15, -0.1) is 12.4 Å². The maximum atomic E-state index is 12.3. The number of ether oxygens (including phenoxy) is 1. The highest BCUT2D eigenvalue weighted by Gasteiger charge is 2.36. The van der Waals surface area contributed by atoms with Crippen molar-refractivity contribution in [3.05, 3.63) is 60.2 Å². The Kier molecular flexibility index (Phi) is 7.49. The van der Waals surface area contributed by atoms with Crippen LogP contribution in [0, 0.1) is 0 Å². The van der Waals surface area contributed by atoms with E-state index in [1.54, 1.807) is 0 Å². The highest BCUT2D eigenvalue weighted by Crippen LogP contribution is 2.28. The number of hydrogen-bond acceptors (Lipinski definition) is 3. The maximum absolute atomic E-state index is 12.3. The molecule has 0 heterocycles. The van der Waals surface area contributed by atoms with Crippen LogP contribution in [0.3, 0.4) is 0 Å². The standard InChI is InChI=1S/C21H26N2O2.ClH/c22-21(14-4-5-15-21)20(24)23-18-10-12-19(13-11-18)25-16-6-9-17-7-2-1-3-8-17;/h1-3,7-8,10-13H,4-6,9,14-16,22H2,(H,23,24);1H. The van der Waals surface area contributed by atoms with Gasteiger partial charge in [0, 0.05) is 5.69 Å². The largest absolute Gasteiger partial charge is 0.494 e. The summed E-state index contributed by atoms with van der Waals surface area (Å²) in [5, 5.41) is 2.92. The zero-order chi connectivity index (χ0) is 17.5. The van der Waals surface area contributed by atoms with Crippen LogP contribution in [0.15, 0.2) is 54.6 Å². The van der Waals surface area contributed by atoms with Crippen molar-refractivity contribution in [3.8, 4) is 5.75 Å². The van der Waals surface area contributed by atoms with Crippen molar-refractivity contribution in [1.82, 2.24) is 0 Å². The number of carbonyl (C=O) groups excluding carboxylic acids is 1. The van der Waals surface area contributed by atoms with E-state index in [-0.39, 0.29) is 18.3 Å². The van der Waals surface area contributed by atoms with Crippen LogP contribution < -0.4 is 15.8 Å². The fourth-order valence-electron chi connectivity index (χ4n) is 3.23. The molecule has 1 aliphatic rings. The van der Waals surface area contributed by atoms with E-state index in [1.165, 1.54) is 5.56 Å². The monoisotopic (exact) mass is 374 g/mol. The van der Waals surface area contributed by atoms with E-state index in [1.807, 2.05) is 30.3 Å². The van der Waals surface area contributed by atoms with Gasteiger partial charge in [-0.05, 0) is 55.5 Å².